The smallest absolute Gasteiger partial charge is 0.162 e. The molecule has 88 valence electrons. The zero-order chi connectivity index (χ0) is 12.4. The molecule has 2 rings (SSSR count). The number of hydrogen-bond acceptors (Lipinski definition) is 4. The first-order chi connectivity index (χ1) is 8.10. The van der Waals surface area contributed by atoms with Crippen molar-refractivity contribution in [2.45, 2.75) is 13.8 Å². The van der Waals surface area contributed by atoms with Crippen molar-refractivity contribution in [1.82, 2.24) is 9.97 Å². The van der Waals surface area contributed by atoms with Crippen LogP contribution in [0.2, 0.25) is 5.02 Å². The van der Waals surface area contributed by atoms with E-state index in [1.807, 2.05) is 32.0 Å². The summed E-state index contributed by atoms with van der Waals surface area (Å²) in [6, 6.07) is 7.41. The van der Waals surface area contributed by atoms with Gasteiger partial charge < -0.3 is 5.43 Å². The summed E-state index contributed by atoms with van der Waals surface area (Å²) in [5.41, 5.74) is 5.38. The van der Waals surface area contributed by atoms with E-state index in [0.717, 1.165) is 16.8 Å². The minimum Gasteiger partial charge on any atom is -0.308 e. The molecule has 0 unspecified atom stereocenters. The maximum absolute atomic E-state index is 5.92. The lowest BCUT2D eigenvalue weighted by molar-refractivity contribution is 1.09. The first-order valence-corrected chi connectivity index (χ1v) is 5.57. The van der Waals surface area contributed by atoms with Crippen molar-refractivity contribution < 1.29 is 0 Å². The van der Waals surface area contributed by atoms with Crippen LogP contribution < -0.4 is 11.3 Å². The van der Waals surface area contributed by atoms with Gasteiger partial charge in [0.25, 0.3) is 0 Å². The van der Waals surface area contributed by atoms with Crippen molar-refractivity contribution in [2.75, 3.05) is 5.43 Å². The van der Waals surface area contributed by atoms with E-state index in [4.69, 9.17) is 17.4 Å². The zero-order valence-electron chi connectivity index (χ0n) is 9.66. The van der Waals surface area contributed by atoms with Gasteiger partial charge in [-0.1, -0.05) is 11.6 Å². The van der Waals surface area contributed by atoms with Crippen LogP contribution >= 0.6 is 11.6 Å². The fraction of sp³-hybridized carbons (Fsp3) is 0.167. The number of aryl methyl sites for hydroxylation is 2. The Morgan fingerprint density at radius 3 is 2.59 bits per heavy atom. The van der Waals surface area contributed by atoms with Crippen LogP contribution in [0.4, 0.5) is 5.82 Å². The average molecular weight is 249 g/mol. The topological polar surface area (TPSA) is 63.8 Å². The number of nitrogens with zero attached hydrogens (tertiary/aromatic N) is 2. The highest BCUT2D eigenvalue weighted by Crippen LogP contribution is 2.24. The van der Waals surface area contributed by atoms with Gasteiger partial charge in [-0.05, 0) is 37.6 Å². The van der Waals surface area contributed by atoms with Gasteiger partial charge in [-0.3, -0.25) is 0 Å². The number of anilines is 1. The van der Waals surface area contributed by atoms with Gasteiger partial charge in [0.1, 0.15) is 5.82 Å². The Bertz CT molecular complexity index is 554. The van der Waals surface area contributed by atoms with Crippen LogP contribution in [0.5, 0.6) is 0 Å². The van der Waals surface area contributed by atoms with E-state index in [2.05, 4.69) is 15.4 Å². The third-order valence-corrected chi connectivity index (χ3v) is 2.67. The number of nitrogens with two attached hydrogens (primary N) is 1. The molecular formula is C12H13ClN4. The Kier molecular flexibility index (Phi) is 3.26. The molecule has 0 aliphatic heterocycles. The monoisotopic (exact) mass is 248 g/mol. The number of nitrogens with one attached hydrogen (secondary N) is 1. The first kappa shape index (κ1) is 11.8. The molecule has 0 aliphatic carbocycles. The molecule has 1 aromatic carbocycles. The highest BCUT2D eigenvalue weighted by Gasteiger charge is 2.07. The van der Waals surface area contributed by atoms with Crippen LogP contribution in [-0.2, 0) is 0 Å². The quantitative estimate of drug-likeness (QED) is 0.634. The molecule has 2 aromatic rings. The van der Waals surface area contributed by atoms with Crippen molar-refractivity contribution in [2.24, 2.45) is 5.84 Å². The lowest BCUT2D eigenvalue weighted by Gasteiger charge is -2.08. The van der Waals surface area contributed by atoms with E-state index in [-0.39, 0.29) is 0 Å². The molecule has 1 aromatic heterocycles. The third-order valence-electron chi connectivity index (χ3n) is 2.43. The van der Waals surface area contributed by atoms with Crippen LogP contribution in [0.25, 0.3) is 11.4 Å². The number of hydrogen-bond donors (Lipinski definition) is 2. The Morgan fingerprint density at radius 2 is 1.94 bits per heavy atom. The number of benzene rings is 1. The van der Waals surface area contributed by atoms with E-state index < -0.39 is 0 Å². The van der Waals surface area contributed by atoms with E-state index >= 15 is 0 Å². The predicted octanol–water partition coefficient (Wildman–Crippen LogP) is 2.70. The van der Waals surface area contributed by atoms with Gasteiger partial charge in [-0.25, -0.2) is 15.8 Å². The fourth-order valence-corrected chi connectivity index (χ4v) is 1.87. The molecule has 0 spiro atoms. The van der Waals surface area contributed by atoms with Crippen LogP contribution in [0.3, 0.4) is 0 Å². The lowest BCUT2D eigenvalue weighted by Crippen LogP contribution is -2.10. The number of hydrazine groups is 1. The second-order valence-electron chi connectivity index (χ2n) is 3.82. The molecule has 0 radical (unpaired) electrons. The predicted molar refractivity (Wildman–Crippen MR) is 69.8 cm³/mol. The van der Waals surface area contributed by atoms with Crippen molar-refractivity contribution in [3.05, 3.63) is 40.5 Å². The second-order valence-corrected chi connectivity index (χ2v) is 4.26. The van der Waals surface area contributed by atoms with Gasteiger partial charge >= 0.3 is 0 Å². The third kappa shape index (κ3) is 2.54. The maximum atomic E-state index is 5.92. The summed E-state index contributed by atoms with van der Waals surface area (Å²) in [6.45, 7) is 3.87. The van der Waals surface area contributed by atoms with E-state index in [1.165, 1.54) is 0 Å². The highest BCUT2D eigenvalue weighted by atomic mass is 35.5. The summed E-state index contributed by atoms with van der Waals surface area (Å²) in [4.78, 5) is 8.72. The van der Waals surface area contributed by atoms with Crippen LogP contribution in [0, 0.1) is 13.8 Å². The highest BCUT2D eigenvalue weighted by molar-refractivity contribution is 6.30. The summed E-state index contributed by atoms with van der Waals surface area (Å²) >= 11 is 5.92. The summed E-state index contributed by atoms with van der Waals surface area (Å²) in [6.07, 6.45) is 0. The molecule has 0 amide bonds. The zero-order valence-corrected chi connectivity index (χ0v) is 10.4. The molecule has 4 nitrogen and oxygen atoms in total. The minimum atomic E-state index is 0.599. The molecule has 0 aliphatic rings. The molecule has 5 heteroatoms. The summed E-state index contributed by atoms with van der Waals surface area (Å²) in [7, 11) is 0. The Morgan fingerprint density at radius 1 is 1.18 bits per heavy atom. The minimum absolute atomic E-state index is 0.599. The number of nitrogen functional groups attached to an aromatic ring is 1. The van der Waals surface area contributed by atoms with E-state index in [1.54, 1.807) is 6.07 Å². The molecule has 0 atom stereocenters. The standard InChI is InChI=1S/C12H13ClN4/c1-7-5-9(13)3-4-10(7)12-15-8(2)6-11(16-12)17-14/h3-6H,14H2,1-2H3,(H,15,16,17). The van der Waals surface area contributed by atoms with Gasteiger partial charge in [0.15, 0.2) is 5.82 Å². The summed E-state index contributed by atoms with van der Waals surface area (Å²) in [5, 5.41) is 0.705. The number of aromatic nitrogens is 2. The largest absolute Gasteiger partial charge is 0.308 e. The molecule has 1 heterocycles. The molecule has 0 saturated heterocycles. The molecule has 3 N–H and O–H groups in total. The van der Waals surface area contributed by atoms with Crippen LogP contribution in [-0.4, -0.2) is 9.97 Å². The lowest BCUT2D eigenvalue weighted by atomic mass is 10.1. The Labute approximate surface area is 105 Å². The normalized spacial score (nSPS) is 10.4. The molecule has 0 saturated carbocycles. The van der Waals surface area contributed by atoms with Crippen molar-refractivity contribution in [3.63, 3.8) is 0 Å². The molecule has 0 bridgehead atoms. The SMILES string of the molecule is Cc1cc(NN)nc(-c2ccc(Cl)cc2C)n1. The first-order valence-electron chi connectivity index (χ1n) is 5.19. The average Bonchev–Trinajstić information content (AvgIpc) is 2.28. The summed E-state index contributed by atoms with van der Waals surface area (Å²) in [5.74, 6) is 6.61. The molecule has 17 heavy (non-hydrogen) atoms. The molecular weight excluding hydrogens is 236 g/mol. The van der Waals surface area contributed by atoms with Crippen LogP contribution in [0.1, 0.15) is 11.3 Å². The van der Waals surface area contributed by atoms with Gasteiger partial charge in [0.2, 0.25) is 0 Å². The second kappa shape index (κ2) is 4.69. The Balaban J connectivity index is 2.55. The van der Waals surface area contributed by atoms with Crippen molar-refractivity contribution in [1.29, 1.82) is 0 Å². The Hall–Kier alpha value is -1.65. The van der Waals surface area contributed by atoms with E-state index in [0.29, 0.717) is 16.7 Å². The van der Waals surface area contributed by atoms with E-state index in [9.17, 15) is 0 Å². The van der Waals surface area contributed by atoms with Gasteiger partial charge in [-0.2, -0.15) is 0 Å². The molecule has 0 fully saturated rings. The summed E-state index contributed by atoms with van der Waals surface area (Å²) < 4.78 is 0. The van der Waals surface area contributed by atoms with Crippen molar-refractivity contribution >= 4 is 17.4 Å². The fourth-order valence-electron chi connectivity index (χ4n) is 1.64. The maximum Gasteiger partial charge on any atom is 0.162 e. The van der Waals surface area contributed by atoms with Gasteiger partial charge in [0, 0.05) is 22.3 Å². The van der Waals surface area contributed by atoms with Gasteiger partial charge in [-0.15, -0.1) is 0 Å². The van der Waals surface area contributed by atoms with Gasteiger partial charge in [0.05, 0.1) is 0 Å². The number of halogens is 1. The van der Waals surface area contributed by atoms with Crippen LogP contribution in [0.15, 0.2) is 24.3 Å². The number of rotatable bonds is 2. The van der Waals surface area contributed by atoms with Crippen molar-refractivity contribution in [3.8, 4) is 11.4 Å².